The smallest absolute Gasteiger partial charge is 0.339 e. The number of para-hydroxylation sites is 1. The Balaban J connectivity index is 2.13. The molecule has 2 atom stereocenters. The number of rotatable bonds is 2. The summed E-state index contributed by atoms with van der Waals surface area (Å²) in [7, 11) is 0. The Morgan fingerprint density at radius 3 is 3.15 bits per heavy atom. The Morgan fingerprint density at radius 2 is 2.40 bits per heavy atom. The molecule has 2 aliphatic heterocycles. The number of nitrogens with one attached hydrogen (secondary N) is 1. The number of ether oxygens (including phenoxy) is 1. The average Bonchev–Trinajstić information content (AvgIpc) is 2.87. The first-order valence-corrected chi connectivity index (χ1v) is 6.63. The molecule has 1 N–H and O–H groups in total. The van der Waals surface area contributed by atoms with E-state index in [0.717, 1.165) is 11.3 Å². The van der Waals surface area contributed by atoms with Gasteiger partial charge in [-0.1, -0.05) is 24.3 Å². The Bertz CT molecular complexity index is 620. The number of nitriles is 1. The van der Waals surface area contributed by atoms with Gasteiger partial charge in [-0.2, -0.15) is 5.26 Å². The number of carbonyl (C=O) groups is 1. The summed E-state index contributed by atoms with van der Waals surface area (Å²) < 4.78 is 5.21. The van der Waals surface area contributed by atoms with Crippen molar-refractivity contribution in [3.8, 4) is 6.07 Å². The summed E-state index contributed by atoms with van der Waals surface area (Å²) in [4.78, 5) is 12.5. The molecule has 3 rings (SSSR count). The minimum Gasteiger partial charge on any atom is -0.464 e. The van der Waals surface area contributed by atoms with Gasteiger partial charge in [0, 0.05) is 6.54 Å². The Morgan fingerprint density at radius 1 is 1.60 bits per heavy atom. The van der Waals surface area contributed by atoms with Gasteiger partial charge in [-0.3, -0.25) is 5.01 Å². The standard InChI is InChI=1S/C15H15N3O2/c1-2-20-14(19)15-8-7-11-5-3-4-6-13(11)18(15)17-10-12(15)9-16/h3-8,12,17H,2,10H2,1H3/t12-,15+/m0/s1. The van der Waals surface area contributed by atoms with Crippen LogP contribution in [0.25, 0.3) is 6.08 Å². The van der Waals surface area contributed by atoms with Crippen LogP contribution in [0.15, 0.2) is 30.3 Å². The highest BCUT2D eigenvalue weighted by Gasteiger charge is 2.56. The first kappa shape index (κ1) is 12.7. The number of hydrazine groups is 1. The lowest BCUT2D eigenvalue weighted by Gasteiger charge is -2.39. The Labute approximate surface area is 117 Å². The summed E-state index contributed by atoms with van der Waals surface area (Å²) in [6.45, 7) is 2.49. The van der Waals surface area contributed by atoms with Crippen LogP contribution >= 0.6 is 0 Å². The summed E-state index contributed by atoms with van der Waals surface area (Å²) in [5.41, 5.74) is 3.99. The second-order valence-electron chi connectivity index (χ2n) is 4.82. The van der Waals surface area contributed by atoms with Crippen LogP contribution < -0.4 is 10.4 Å². The second kappa shape index (κ2) is 4.66. The SMILES string of the molecule is CCOC(=O)[C@]12C=Cc3ccccc3N1NC[C@@H]2C#N. The van der Waals surface area contributed by atoms with Crippen molar-refractivity contribution in [1.29, 1.82) is 5.26 Å². The number of benzene rings is 1. The van der Waals surface area contributed by atoms with Gasteiger partial charge in [0.1, 0.15) is 0 Å². The number of anilines is 1. The van der Waals surface area contributed by atoms with Crippen molar-refractivity contribution in [3.05, 3.63) is 35.9 Å². The lowest BCUT2D eigenvalue weighted by atomic mass is 9.82. The molecule has 5 nitrogen and oxygen atoms in total. The van der Waals surface area contributed by atoms with E-state index in [1.807, 2.05) is 30.3 Å². The van der Waals surface area contributed by atoms with Crippen molar-refractivity contribution in [2.45, 2.75) is 12.5 Å². The lowest BCUT2D eigenvalue weighted by Crippen LogP contribution is -2.57. The van der Waals surface area contributed by atoms with Crippen LogP contribution in [-0.4, -0.2) is 24.7 Å². The zero-order valence-corrected chi connectivity index (χ0v) is 11.2. The third-order valence-electron chi connectivity index (χ3n) is 3.81. The highest BCUT2D eigenvalue weighted by atomic mass is 16.5. The normalized spacial score (nSPS) is 26.6. The van der Waals surface area contributed by atoms with Crippen LogP contribution in [0.5, 0.6) is 0 Å². The van der Waals surface area contributed by atoms with Gasteiger partial charge < -0.3 is 4.74 Å². The quantitative estimate of drug-likeness (QED) is 0.824. The van der Waals surface area contributed by atoms with Crippen molar-refractivity contribution in [1.82, 2.24) is 5.43 Å². The number of fused-ring (bicyclic) bond motifs is 3. The number of hydrogen-bond acceptors (Lipinski definition) is 5. The van der Waals surface area contributed by atoms with Crippen molar-refractivity contribution in [2.24, 2.45) is 5.92 Å². The van der Waals surface area contributed by atoms with E-state index in [1.54, 1.807) is 18.0 Å². The van der Waals surface area contributed by atoms with Gasteiger partial charge >= 0.3 is 5.97 Å². The fourth-order valence-electron chi connectivity index (χ4n) is 2.84. The molecule has 2 aliphatic rings. The van der Waals surface area contributed by atoms with Crippen molar-refractivity contribution in [2.75, 3.05) is 18.2 Å². The molecule has 0 radical (unpaired) electrons. The maximum Gasteiger partial charge on any atom is 0.339 e. The zero-order valence-electron chi connectivity index (χ0n) is 11.2. The minimum atomic E-state index is -1.07. The van der Waals surface area contributed by atoms with E-state index >= 15 is 0 Å². The molecule has 20 heavy (non-hydrogen) atoms. The van der Waals surface area contributed by atoms with Gasteiger partial charge in [0.25, 0.3) is 0 Å². The van der Waals surface area contributed by atoms with Crippen molar-refractivity contribution >= 4 is 17.7 Å². The third-order valence-corrected chi connectivity index (χ3v) is 3.81. The van der Waals surface area contributed by atoms with Crippen LogP contribution in [0.3, 0.4) is 0 Å². The van der Waals surface area contributed by atoms with E-state index in [1.165, 1.54) is 0 Å². The predicted molar refractivity (Wildman–Crippen MR) is 74.4 cm³/mol. The monoisotopic (exact) mass is 269 g/mol. The summed E-state index contributed by atoms with van der Waals surface area (Å²) in [5.74, 6) is -0.867. The van der Waals surface area contributed by atoms with E-state index < -0.39 is 11.5 Å². The van der Waals surface area contributed by atoms with Crippen molar-refractivity contribution < 1.29 is 9.53 Å². The van der Waals surface area contributed by atoms with Crippen LogP contribution in [0.4, 0.5) is 5.69 Å². The fraction of sp³-hybridized carbons (Fsp3) is 0.333. The van der Waals surface area contributed by atoms with Crippen LogP contribution in [0, 0.1) is 17.2 Å². The highest BCUT2D eigenvalue weighted by Crippen LogP contribution is 2.41. The highest BCUT2D eigenvalue weighted by molar-refractivity contribution is 5.94. The maximum atomic E-state index is 12.5. The summed E-state index contributed by atoms with van der Waals surface area (Å²) in [6.07, 6.45) is 3.67. The molecule has 1 aromatic rings. The van der Waals surface area contributed by atoms with Gasteiger partial charge in [0.05, 0.1) is 24.3 Å². The lowest BCUT2D eigenvalue weighted by molar-refractivity contribution is -0.148. The van der Waals surface area contributed by atoms with Gasteiger partial charge in [0.15, 0.2) is 5.54 Å². The first-order valence-electron chi connectivity index (χ1n) is 6.63. The average molecular weight is 269 g/mol. The third kappa shape index (κ3) is 1.55. The predicted octanol–water partition coefficient (Wildman–Crippen LogP) is 1.48. The first-order chi connectivity index (χ1) is 9.74. The van der Waals surface area contributed by atoms with Gasteiger partial charge in [-0.15, -0.1) is 0 Å². The largest absolute Gasteiger partial charge is 0.464 e. The molecule has 0 spiro atoms. The van der Waals surface area contributed by atoms with Crippen LogP contribution in [0.2, 0.25) is 0 Å². The second-order valence-corrected chi connectivity index (χ2v) is 4.82. The fourth-order valence-corrected chi connectivity index (χ4v) is 2.84. The Kier molecular flexibility index (Phi) is 2.96. The van der Waals surface area contributed by atoms with E-state index in [-0.39, 0.29) is 5.97 Å². The minimum absolute atomic E-state index is 0.294. The molecule has 1 saturated heterocycles. The zero-order chi connectivity index (χ0) is 14.2. The molecule has 0 saturated carbocycles. The molecule has 0 aromatic heterocycles. The summed E-state index contributed by atoms with van der Waals surface area (Å²) >= 11 is 0. The topological polar surface area (TPSA) is 65.4 Å². The molecular weight excluding hydrogens is 254 g/mol. The number of carbonyl (C=O) groups excluding carboxylic acids is 1. The maximum absolute atomic E-state index is 12.5. The molecule has 1 aromatic carbocycles. The molecule has 0 aliphatic carbocycles. The molecule has 0 bridgehead atoms. The van der Waals surface area contributed by atoms with E-state index in [0.29, 0.717) is 13.2 Å². The summed E-state index contributed by atoms with van der Waals surface area (Å²) in [5, 5.41) is 11.1. The number of nitrogens with zero attached hydrogens (tertiary/aromatic N) is 2. The van der Waals surface area contributed by atoms with Gasteiger partial charge in [-0.05, 0) is 24.6 Å². The molecule has 0 amide bonds. The van der Waals surface area contributed by atoms with E-state index in [2.05, 4.69) is 11.5 Å². The van der Waals surface area contributed by atoms with E-state index in [4.69, 9.17) is 4.74 Å². The molecular formula is C15H15N3O2. The van der Waals surface area contributed by atoms with E-state index in [9.17, 15) is 10.1 Å². The van der Waals surface area contributed by atoms with Crippen LogP contribution in [-0.2, 0) is 9.53 Å². The molecule has 2 heterocycles. The van der Waals surface area contributed by atoms with Gasteiger partial charge in [-0.25, -0.2) is 10.2 Å². The number of esters is 1. The van der Waals surface area contributed by atoms with Crippen molar-refractivity contribution in [3.63, 3.8) is 0 Å². The molecule has 5 heteroatoms. The van der Waals surface area contributed by atoms with Gasteiger partial charge in [0.2, 0.25) is 0 Å². The molecule has 102 valence electrons. The van der Waals surface area contributed by atoms with Crippen LogP contribution in [0.1, 0.15) is 12.5 Å². The molecule has 1 fully saturated rings. The summed E-state index contributed by atoms with van der Waals surface area (Å²) in [6, 6.07) is 9.98. The molecule has 0 unspecified atom stereocenters. The number of hydrogen-bond donors (Lipinski definition) is 1. The Hall–Kier alpha value is -2.32.